The molecule has 0 spiro atoms. The van der Waals surface area contributed by atoms with Gasteiger partial charge in [0.25, 0.3) is 5.91 Å². The topological polar surface area (TPSA) is 38.8 Å². The van der Waals surface area contributed by atoms with Crippen molar-refractivity contribution in [2.75, 3.05) is 52.9 Å². The molecule has 0 saturated carbocycles. The van der Waals surface area contributed by atoms with Crippen LogP contribution in [-0.2, 0) is 0 Å². The number of piperidine rings is 1. The zero-order valence-corrected chi connectivity index (χ0v) is 23.3. The second-order valence-electron chi connectivity index (χ2n) is 10.5. The molecule has 2 heterocycles. The summed E-state index contributed by atoms with van der Waals surface area (Å²) in [5.74, 6) is 0.589. The minimum Gasteiger partial charge on any atom is -0.370 e. The van der Waals surface area contributed by atoms with Crippen molar-refractivity contribution in [3.05, 3.63) is 69.0 Å². The molecule has 2 saturated heterocycles. The van der Waals surface area contributed by atoms with Crippen LogP contribution in [0.15, 0.2) is 58.4 Å². The van der Waals surface area contributed by atoms with Gasteiger partial charge >= 0.3 is 0 Å². The van der Waals surface area contributed by atoms with Gasteiger partial charge in [-0.2, -0.15) is 0 Å². The molecule has 2 fully saturated rings. The van der Waals surface area contributed by atoms with Crippen LogP contribution in [0.4, 0.5) is 0 Å². The number of rotatable bonds is 6. The number of likely N-dealkylation sites (tertiary alicyclic amines) is 1. The van der Waals surface area contributed by atoms with Crippen LogP contribution in [-0.4, -0.2) is 73.5 Å². The lowest BCUT2D eigenvalue weighted by atomic mass is 9.91. The molecule has 0 radical (unpaired) electrons. The van der Waals surface area contributed by atoms with Gasteiger partial charge in [0.15, 0.2) is 0 Å². The van der Waals surface area contributed by atoms with Crippen LogP contribution >= 0.6 is 23.2 Å². The van der Waals surface area contributed by atoms with Crippen LogP contribution in [0, 0.1) is 5.92 Å². The van der Waals surface area contributed by atoms with E-state index in [0.717, 1.165) is 43.2 Å². The largest absolute Gasteiger partial charge is 0.370 e. The van der Waals surface area contributed by atoms with Crippen molar-refractivity contribution in [3.8, 4) is 0 Å². The SMILES string of the molecule is CC1=C(N2CCC(CCN3CCCN(C)CC3)CC2)C(NC(=O)c2cccc(Cl)c2)=CC(Cl)=CCC1. The number of carbonyl (C=O) groups excluding carboxylic acids is 1. The molecule has 0 bridgehead atoms. The first-order valence-electron chi connectivity index (χ1n) is 13.4. The number of halogens is 2. The summed E-state index contributed by atoms with van der Waals surface area (Å²) in [6.45, 7) is 10.2. The zero-order chi connectivity index (χ0) is 25.5. The number of allylic oxidation sites excluding steroid dienone is 4. The highest BCUT2D eigenvalue weighted by atomic mass is 35.5. The van der Waals surface area contributed by atoms with Gasteiger partial charge in [-0.15, -0.1) is 0 Å². The van der Waals surface area contributed by atoms with Crippen LogP contribution in [0.2, 0.25) is 5.02 Å². The maximum absolute atomic E-state index is 13.1. The summed E-state index contributed by atoms with van der Waals surface area (Å²) < 4.78 is 0. The number of nitrogens with zero attached hydrogens (tertiary/aromatic N) is 3. The molecule has 3 aliphatic rings. The van der Waals surface area contributed by atoms with Crippen molar-refractivity contribution >= 4 is 29.1 Å². The third kappa shape index (κ3) is 7.61. The summed E-state index contributed by atoms with van der Waals surface area (Å²) in [5, 5.41) is 4.37. The predicted octanol–water partition coefficient (Wildman–Crippen LogP) is 5.88. The number of likely N-dealkylation sites (N-methyl/N-ethyl adjacent to an activating group) is 1. The maximum atomic E-state index is 13.1. The van der Waals surface area contributed by atoms with E-state index in [1.807, 2.05) is 12.2 Å². The van der Waals surface area contributed by atoms with Gasteiger partial charge in [-0.05, 0) is 108 Å². The first kappa shape index (κ1) is 27.3. The van der Waals surface area contributed by atoms with E-state index in [-0.39, 0.29) is 5.91 Å². The Morgan fingerprint density at radius 1 is 1.08 bits per heavy atom. The Bertz CT molecular complexity index is 1010. The standard InChI is InChI=1S/C29H40Cl2N4O/c1-22-6-3-8-26(31)21-27(32-29(36)24-7-4-9-25(30)20-24)28(22)35-16-11-23(12-17-35)10-15-34-14-5-13-33(2)18-19-34/h4,7-9,20-21,23H,3,5-6,10-19H2,1-2H3,(H,32,36). The van der Waals surface area contributed by atoms with E-state index in [4.69, 9.17) is 23.2 Å². The summed E-state index contributed by atoms with van der Waals surface area (Å²) in [6, 6.07) is 7.05. The highest BCUT2D eigenvalue weighted by Crippen LogP contribution is 2.31. The molecule has 1 amide bonds. The molecular weight excluding hydrogens is 491 g/mol. The van der Waals surface area contributed by atoms with Gasteiger partial charge in [-0.25, -0.2) is 0 Å². The van der Waals surface area contributed by atoms with E-state index in [2.05, 4.69) is 34.0 Å². The van der Waals surface area contributed by atoms with Crippen molar-refractivity contribution in [1.29, 1.82) is 0 Å². The second-order valence-corrected chi connectivity index (χ2v) is 11.4. The van der Waals surface area contributed by atoms with Crippen LogP contribution in [0.3, 0.4) is 0 Å². The highest BCUT2D eigenvalue weighted by Gasteiger charge is 2.26. The van der Waals surface area contributed by atoms with Gasteiger partial charge < -0.3 is 20.0 Å². The Balaban J connectivity index is 1.41. The first-order chi connectivity index (χ1) is 17.4. The highest BCUT2D eigenvalue weighted by molar-refractivity contribution is 6.31. The fourth-order valence-corrected chi connectivity index (χ4v) is 5.94. The van der Waals surface area contributed by atoms with E-state index < -0.39 is 0 Å². The van der Waals surface area contributed by atoms with E-state index >= 15 is 0 Å². The molecule has 0 aromatic heterocycles. The van der Waals surface area contributed by atoms with Crippen molar-refractivity contribution < 1.29 is 4.79 Å². The molecule has 2 aliphatic heterocycles. The molecule has 196 valence electrons. The van der Waals surface area contributed by atoms with Gasteiger partial charge in [0, 0.05) is 41.8 Å². The summed E-state index contributed by atoms with van der Waals surface area (Å²) in [5.41, 5.74) is 3.75. The normalized spacial score (nSPS) is 21.4. The smallest absolute Gasteiger partial charge is 0.255 e. The average molecular weight is 532 g/mol. The third-order valence-corrected chi connectivity index (χ3v) is 8.23. The summed E-state index contributed by atoms with van der Waals surface area (Å²) in [6.07, 6.45) is 10.7. The Morgan fingerprint density at radius 3 is 2.67 bits per heavy atom. The fourth-order valence-electron chi connectivity index (χ4n) is 5.53. The van der Waals surface area contributed by atoms with Crippen LogP contribution in [0.5, 0.6) is 0 Å². The first-order valence-corrected chi connectivity index (χ1v) is 14.1. The van der Waals surface area contributed by atoms with Gasteiger partial charge in [0.05, 0.1) is 11.4 Å². The van der Waals surface area contributed by atoms with E-state index in [1.54, 1.807) is 24.3 Å². The third-order valence-electron chi connectivity index (χ3n) is 7.73. The van der Waals surface area contributed by atoms with Crippen LogP contribution in [0.25, 0.3) is 0 Å². The fraction of sp³-hybridized carbons (Fsp3) is 0.552. The molecule has 1 aromatic carbocycles. The van der Waals surface area contributed by atoms with Crippen molar-refractivity contribution in [2.45, 2.75) is 45.4 Å². The van der Waals surface area contributed by atoms with Gasteiger partial charge in [0.1, 0.15) is 0 Å². The Labute approximate surface area is 226 Å². The summed E-state index contributed by atoms with van der Waals surface area (Å²) >= 11 is 12.6. The molecule has 0 unspecified atom stereocenters. The van der Waals surface area contributed by atoms with Crippen LogP contribution < -0.4 is 5.32 Å². The predicted molar refractivity (Wildman–Crippen MR) is 150 cm³/mol. The number of hydrogen-bond acceptors (Lipinski definition) is 4. The molecule has 36 heavy (non-hydrogen) atoms. The lowest BCUT2D eigenvalue weighted by Crippen LogP contribution is -2.39. The Hall–Kier alpha value is -1.79. The Morgan fingerprint density at radius 2 is 1.89 bits per heavy atom. The van der Waals surface area contributed by atoms with Crippen LogP contribution in [0.1, 0.15) is 55.8 Å². The average Bonchev–Trinajstić information content (AvgIpc) is 3.06. The molecular formula is C29H40Cl2N4O. The Kier molecular flexibility index (Phi) is 9.95. The van der Waals surface area contributed by atoms with Crippen molar-refractivity contribution in [2.24, 2.45) is 5.92 Å². The molecule has 4 rings (SSSR count). The second kappa shape index (κ2) is 13.1. The lowest BCUT2D eigenvalue weighted by Gasteiger charge is -2.38. The van der Waals surface area contributed by atoms with Gasteiger partial charge in [-0.3, -0.25) is 4.79 Å². The van der Waals surface area contributed by atoms with Crippen molar-refractivity contribution in [1.82, 2.24) is 20.0 Å². The summed E-state index contributed by atoms with van der Waals surface area (Å²) in [7, 11) is 2.23. The van der Waals surface area contributed by atoms with E-state index in [1.165, 1.54) is 64.0 Å². The quantitative estimate of drug-likeness (QED) is 0.498. The molecule has 0 atom stereocenters. The molecule has 1 aliphatic carbocycles. The number of amides is 1. The number of nitrogens with one attached hydrogen (secondary N) is 1. The summed E-state index contributed by atoms with van der Waals surface area (Å²) in [4.78, 5) is 20.7. The lowest BCUT2D eigenvalue weighted by molar-refractivity contribution is 0.0963. The van der Waals surface area contributed by atoms with Crippen molar-refractivity contribution in [3.63, 3.8) is 0 Å². The molecule has 1 N–H and O–H groups in total. The number of benzene rings is 1. The number of carbonyl (C=O) groups is 1. The minimum atomic E-state index is -0.169. The van der Waals surface area contributed by atoms with Gasteiger partial charge in [-0.1, -0.05) is 35.3 Å². The molecule has 1 aromatic rings. The monoisotopic (exact) mass is 530 g/mol. The molecule has 5 nitrogen and oxygen atoms in total. The maximum Gasteiger partial charge on any atom is 0.255 e. The van der Waals surface area contributed by atoms with Gasteiger partial charge in [0.2, 0.25) is 0 Å². The van der Waals surface area contributed by atoms with E-state index in [9.17, 15) is 4.79 Å². The number of hydrogen-bond donors (Lipinski definition) is 1. The molecule has 7 heteroatoms. The zero-order valence-electron chi connectivity index (χ0n) is 21.7. The minimum absolute atomic E-state index is 0.169. The van der Waals surface area contributed by atoms with E-state index in [0.29, 0.717) is 15.6 Å².